The Hall–Kier alpha value is -1.39. The molecule has 0 aliphatic carbocycles. The SMILES string of the molecule is CNCc1ccc(SCC(F)(F)c2ccccc2)cc1. The lowest BCUT2D eigenvalue weighted by atomic mass is 10.1. The van der Waals surface area contributed by atoms with Gasteiger partial charge in [-0.05, 0) is 24.7 Å². The van der Waals surface area contributed by atoms with Gasteiger partial charge in [-0.2, -0.15) is 0 Å². The van der Waals surface area contributed by atoms with Crippen LogP contribution in [0.2, 0.25) is 0 Å². The van der Waals surface area contributed by atoms with Crippen molar-refractivity contribution in [2.24, 2.45) is 0 Å². The van der Waals surface area contributed by atoms with Gasteiger partial charge < -0.3 is 5.32 Å². The van der Waals surface area contributed by atoms with Crippen LogP contribution >= 0.6 is 11.8 Å². The van der Waals surface area contributed by atoms with Gasteiger partial charge in [0.15, 0.2) is 0 Å². The number of hydrogen-bond acceptors (Lipinski definition) is 2. The summed E-state index contributed by atoms with van der Waals surface area (Å²) < 4.78 is 28.0. The maximum atomic E-state index is 14.0. The van der Waals surface area contributed by atoms with Crippen LogP contribution in [-0.2, 0) is 12.5 Å². The van der Waals surface area contributed by atoms with Gasteiger partial charge in [0.05, 0.1) is 5.75 Å². The van der Waals surface area contributed by atoms with Crippen LogP contribution in [0.4, 0.5) is 8.78 Å². The minimum absolute atomic E-state index is 0.0688. The third-order valence-corrected chi connectivity index (χ3v) is 4.03. The van der Waals surface area contributed by atoms with E-state index in [1.54, 1.807) is 18.2 Å². The molecule has 0 saturated heterocycles. The number of benzene rings is 2. The Morgan fingerprint density at radius 2 is 1.65 bits per heavy atom. The van der Waals surface area contributed by atoms with Crippen LogP contribution in [0.1, 0.15) is 11.1 Å². The van der Waals surface area contributed by atoms with Crippen LogP contribution in [0, 0.1) is 0 Å². The average molecular weight is 293 g/mol. The third kappa shape index (κ3) is 4.05. The number of halogens is 2. The molecule has 0 aromatic heterocycles. The zero-order chi connectivity index (χ0) is 14.4. The Bertz CT molecular complexity index is 526. The molecule has 0 radical (unpaired) electrons. The molecule has 1 nitrogen and oxygen atoms in total. The summed E-state index contributed by atoms with van der Waals surface area (Å²) in [6.45, 7) is 0.783. The van der Waals surface area contributed by atoms with Crippen LogP contribution in [0.5, 0.6) is 0 Å². The first-order valence-corrected chi connectivity index (χ1v) is 7.40. The van der Waals surface area contributed by atoms with Crippen molar-refractivity contribution >= 4 is 11.8 Å². The minimum atomic E-state index is -2.81. The van der Waals surface area contributed by atoms with Crippen molar-refractivity contribution < 1.29 is 8.78 Å². The first-order chi connectivity index (χ1) is 9.62. The third-order valence-electron chi connectivity index (χ3n) is 2.92. The zero-order valence-corrected chi connectivity index (χ0v) is 12.1. The molecular weight excluding hydrogens is 276 g/mol. The number of nitrogens with one attached hydrogen (secondary N) is 1. The lowest BCUT2D eigenvalue weighted by Gasteiger charge is -2.16. The first kappa shape index (κ1) is 15.0. The number of hydrogen-bond donors (Lipinski definition) is 1. The lowest BCUT2D eigenvalue weighted by Crippen LogP contribution is -2.16. The van der Waals surface area contributed by atoms with Crippen molar-refractivity contribution in [3.63, 3.8) is 0 Å². The second-order valence-electron chi connectivity index (χ2n) is 4.53. The molecule has 0 unspecified atom stereocenters. The molecule has 0 atom stereocenters. The fourth-order valence-corrected chi connectivity index (χ4v) is 2.69. The fourth-order valence-electron chi connectivity index (χ4n) is 1.85. The topological polar surface area (TPSA) is 12.0 Å². The van der Waals surface area contributed by atoms with Crippen LogP contribution in [0.25, 0.3) is 0 Å². The summed E-state index contributed by atoms with van der Waals surface area (Å²) in [5, 5.41) is 3.05. The van der Waals surface area contributed by atoms with Crippen LogP contribution in [0.3, 0.4) is 0 Å². The molecular formula is C16H17F2NS. The highest BCUT2D eigenvalue weighted by atomic mass is 32.2. The molecule has 0 saturated carbocycles. The maximum Gasteiger partial charge on any atom is 0.282 e. The monoisotopic (exact) mass is 293 g/mol. The molecule has 2 aromatic rings. The zero-order valence-electron chi connectivity index (χ0n) is 11.3. The molecule has 4 heteroatoms. The van der Waals surface area contributed by atoms with Gasteiger partial charge in [-0.15, -0.1) is 11.8 Å². The maximum absolute atomic E-state index is 14.0. The lowest BCUT2D eigenvalue weighted by molar-refractivity contribution is 0.0232. The Morgan fingerprint density at radius 1 is 1.00 bits per heavy atom. The molecule has 0 aliphatic rings. The van der Waals surface area contributed by atoms with Gasteiger partial charge >= 0.3 is 0 Å². The van der Waals surface area contributed by atoms with E-state index in [0.717, 1.165) is 17.0 Å². The molecule has 0 fully saturated rings. The van der Waals surface area contributed by atoms with E-state index >= 15 is 0 Å². The second-order valence-corrected chi connectivity index (χ2v) is 5.58. The van der Waals surface area contributed by atoms with Crippen molar-refractivity contribution in [2.75, 3.05) is 12.8 Å². The van der Waals surface area contributed by atoms with E-state index in [1.165, 1.54) is 23.9 Å². The minimum Gasteiger partial charge on any atom is -0.316 e. The van der Waals surface area contributed by atoms with E-state index in [4.69, 9.17) is 0 Å². The highest BCUT2D eigenvalue weighted by Gasteiger charge is 2.31. The molecule has 2 rings (SSSR count). The summed E-state index contributed by atoms with van der Waals surface area (Å²) in [4.78, 5) is 0.862. The Labute approximate surface area is 122 Å². The summed E-state index contributed by atoms with van der Waals surface area (Å²) >= 11 is 1.18. The summed E-state index contributed by atoms with van der Waals surface area (Å²) in [5.74, 6) is -3.06. The number of alkyl halides is 2. The molecule has 2 aromatic carbocycles. The van der Waals surface area contributed by atoms with Gasteiger partial charge in [0.2, 0.25) is 0 Å². The molecule has 0 bridgehead atoms. The van der Waals surface area contributed by atoms with E-state index in [-0.39, 0.29) is 11.3 Å². The normalized spacial score (nSPS) is 11.6. The van der Waals surface area contributed by atoms with Gasteiger partial charge in [-0.1, -0.05) is 42.5 Å². The second kappa shape index (κ2) is 6.86. The molecule has 0 amide bonds. The van der Waals surface area contributed by atoms with E-state index in [9.17, 15) is 8.78 Å². The van der Waals surface area contributed by atoms with Crippen LogP contribution in [0.15, 0.2) is 59.5 Å². The van der Waals surface area contributed by atoms with E-state index in [2.05, 4.69) is 5.32 Å². The molecule has 20 heavy (non-hydrogen) atoms. The fraction of sp³-hybridized carbons (Fsp3) is 0.250. The van der Waals surface area contributed by atoms with Crippen molar-refractivity contribution in [3.05, 3.63) is 65.7 Å². The molecule has 0 heterocycles. The first-order valence-electron chi connectivity index (χ1n) is 6.41. The standard InChI is InChI=1S/C16H17F2NS/c1-19-11-13-7-9-15(10-8-13)20-12-16(17,18)14-5-3-2-4-6-14/h2-10,19H,11-12H2,1H3. The molecule has 0 aliphatic heterocycles. The van der Waals surface area contributed by atoms with Crippen molar-refractivity contribution in [3.8, 4) is 0 Å². The quantitative estimate of drug-likeness (QED) is 0.797. The van der Waals surface area contributed by atoms with Crippen LogP contribution < -0.4 is 5.32 Å². The van der Waals surface area contributed by atoms with Gasteiger partial charge in [0, 0.05) is 17.0 Å². The smallest absolute Gasteiger partial charge is 0.282 e. The van der Waals surface area contributed by atoms with Gasteiger partial charge in [-0.25, -0.2) is 8.78 Å². The average Bonchev–Trinajstić information content (AvgIpc) is 2.48. The van der Waals surface area contributed by atoms with Crippen molar-refractivity contribution in [1.82, 2.24) is 5.32 Å². The van der Waals surface area contributed by atoms with Gasteiger partial charge in [-0.3, -0.25) is 0 Å². The highest BCUT2D eigenvalue weighted by molar-refractivity contribution is 7.99. The number of rotatable bonds is 6. The van der Waals surface area contributed by atoms with Gasteiger partial charge in [0.1, 0.15) is 0 Å². The summed E-state index contributed by atoms with van der Waals surface area (Å²) in [7, 11) is 1.88. The van der Waals surface area contributed by atoms with Crippen molar-refractivity contribution in [1.29, 1.82) is 0 Å². The summed E-state index contributed by atoms with van der Waals surface area (Å²) in [6.07, 6.45) is 0. The largest absolute Gasteiger partial charge is 0.316 e. The van der Waals surface area contributed by atoms with E-state index < -0.39 is 5.92 Å². The Kier molecular flexibility index (Phi) is 5.15. The van der Waals surface area contributed by atoms with E-state index in [1.807, 2.05) is 31.3 Å². The predicted molar refractivity (Wildman–Crippen MR) is 80.3 cm³/mol. The molecule has 106 valence electrons. The molecule has 0 spiro atoms. The van der Waals surface area contributed by atoms with Crippen molar-refractivity contribution in [2.45, 2.75) is 17.4 Å². The number of thioether (sulfide) groups is 1. The highest BCUT2D eigenvalue weighted by Crippen LogP contribution is 2.34. The van der Waals surface area contributed by atoms with Crippen LogP contribution in [-0.4, -0.2) is 12.8 Å². The summed E-state index contributed by atoms with van der Waals surface area (Å²) in [5.41, 5.74) is 1.21. The Morgan fingerprint density at radius 3 is 2.25 bits per heavy atom. The molecule has 1 N–H and O–H groups in total. The summed E-state index contributed by atoms with van der Waals surface area (Å²) in [6, 6.07) is 15.6. The van der Waals surface area contributed by atoms with E-state index in [0.29, 0.717) is 0 Å². The predicted octanol–water partition coefficient (Wildman–Crippen LogP) is 4.29. The van der Waals surface area contributed by atoms with Gasteiger partial charge in [0.25, 0.3) is 5.92 Å². The Balaban J connectivity index is 1.97.